The van der Waals surface area contributed by atoms with Crippen molar-refractivity contribution in [3.05, 3.63) is 36.3 Å². The van der Waals surface area contributed by atoms with E-state index >= 15 is 0 Å². The Morgan fingerprint density at radius 3 is 3.00 bits per heavy atom. The van der Waals surface area contributed by atoms with Crippen LogP contribution in [0.1, 0.15) is 23.2 Å². The van der Waals surface area contributed by atoms with Crippen LogP contribution < -0.4 is 10.1 Å². The summed E-state index contributed by atoms with van der Waals surface area (Å²) in [6, 6.07) is 4.65. The van der Waals surface area contributed by atoms with Crippen LogP contribution in [0.25, 0.3) is 11.3 Å². The van der Waals surface area contributed by atoms with Gasteiger partial charge in [0.2, 0.25) is 0 Å². The number of rotatable bonds is 2. The monoisotopic (exact) mass is 319 g/mol. The van der Waals surface area contributed by atoms with Gasteiger partial charge in [-0.3, -0.25) is 4.79 Å². The summed E-state index contributed by atoms with van der Waals surface area (Å²) in [7, 11) is 0. The number of fused-ring (bicyclic) bond motifs is 3. The van der Waals surface area contributed by atoms with Gasteiger partial charge >= 0.3 is 0 Å². The molecule has 0 radical (unpaired) electrons. The third-order valence-corrected chi connectivity index (χ3v) is 4.25. The molecule has 1 amide bonds. The van der Waals surface area contributed by atoms with Gasteiger partial charge in [-0.1, -0.05) is 0 Å². The highest BCUT2D eigenvalue weighted by molar-refractivity contribution is 5.96. The number of carbonyl (C=O) groups is 1. The highest BCUT2D eigenvalue weighted by Crippen LogP contribution is 2.38. The van der Waals surface area contributed by atoms with E-state index in [0.717, 1.165) is 11.3 Å². The van der Waals surface area contributed by atoms with Crippen LogP contribution in [0.5, 0.6) is 5.75 Å². The van der Waals surface area contributed by atoms with Crippen LogP contribution >= 0.6 is 0 Å². The fourth-order valence-electron chi connectivity index (χ4n) is 3.01. The van der Waals surface area contributed by atoms with E-state index in [1.54, 1.807) is 30.7 Å². The second kappa shape index (κ2) is 5.04. The lowest BCUT2D eigenvalue weighted by molar-refractivity contribution is -0.0901. The maximum absolute atomic E-state index is 12.9. The summed E-state index contributed by atoms with van der Waals surface area (Å²) in [4.78, 5) is 16.4. The number of carbonyl (C=O) groups excluding carboxylic acids is 1. The summed E-state index contributed by atoms with van der Waals surface area (Å²) in [5.41, 5.74) is 2.09. The van der Waals surface area contributed by atoms with Crippen molar-refractivity contribution in [3.8, 4) is 17.0 Å². The lowest BCUT2D eigenvalue weighted by Gasteiger charge is -2.35. The first-order chi connectivity index (χ1) is 11.0. The first kappa shape index (κ1) is 14.2. The van der Waals surface area contributed by atoms with Crippen molar-refractivity contribution in [2.45, 2.75) is 31.4 Å². The van der Waals surface area contributed by atoms with Crippen molar-refractivity contribution < 1.29 is 18.3 Å². The molecule has 0 atom stereocenters. The van der Waals surface area contributed by atoms with E-state index in [1.165, 1.54) is 0 Å². The largest absolute Gasteiger partial charge is 0.491 e. The van der Waals surface area contributed by atoms with E-state index < -0.39 is 12.0 Å². The van der Waals surface area contributed by atoms with Gasteiger partial charge in [0.25, 0.3) is 11.8 Å². The number of ether oxygens (including phenoxy) is 1. The van der Waals surface area contributed by atoms with Crippen molar-refractivity contribution in [1.82, 2.24) is 14.9 Å². The molecule has 1 aromatic carbocycles. The Bertz CT molecular complexity index is 764. The average molecular weight is 319 g/mol. The van der Waals surface area contributed by atoms with Crippen molar-refractivity contribution in [1.29, 1.82) is 0 Å². The number of aromatic nitrogens is 2. The molecule has 7 heteroatoms. The predicted molar refractivity (Wildman–Crippen MR) is 78.6 cm³/mol. The lowest BCUT2D eigenvalue weighted by atomic mass is 9.88. The molecule has 2 aliphatic rings. The summed E-state index contributed by atoms with van der Waals surface area (Å²) in [5.74, 6) is -2.30. The fourth-order valence-corrected chi connectivity index (χ4v) is 3.01. The molecule has 0 unspecified atom stereocenters. The van der Waals surface area contributed by atoms with E-state index in [9.17, 15) is 13.6 Å². The molecular weight excluding hydrogens is 304 g/mol. The number of imidazole rings is 1. The minimum atomic E-state index is -2.65. The van der Waals surface area contributed by atoms with Gasteiger partial charge in [-0.05, 0) is 18.2 Å². The summed E-state index contributed by atoms with van der Waals surface area (Å²) in [6.07, 6.45) is 2.86. The fraction of sp³-hybridized carbons (Fsp3) is 0.375. The number of benzene rings is 1. The zero-order valence-corrected chi connectivity index (χ0v) is 12.3. The van der Waals surface area contributed by atoms with E-state index in [1.807, 2.05) is 4.57 Å². The molecule has 0 spiro atoms. The second-order valence-corrected chi connectivity index (χ2v) is 5.97. The Kier molecular flexibility index (Phi) is 3.11. The topological polar surface area (TPSA) is 56.2 Å². The number of amides is 1. The molecule has 1 saturated carbocycles. The van der Waals surface area contributed by atoms with Crippen LogP contribution in [0.3, 0.4) is 0 Å². The maximum atomic E-state index is 12.9. The third kappa shape index (κ3) is 2.56. The molecule has 120 valence electrons. The maximum Gasteiger partial charge on any atom is 0.252 e. The summed E-state index contributed by atoms with van der Waals surface area (Å²) < 4.78 is 33.4. The van der Waals surface area contributed by atoms with Gasteiger partial charge in [-0.15, -0.1) is 0 Å². The minimum Gasteiger partial charge on any atom is -0.491 e. The Morgan fingerprint density at radius 2 is 2.22 bits per heavy atom. The number of halogens is 2. The summed E-state index contributed by atoms with van der Waals surface area (Å²) in [5, 5.41) is 2.65. The first-order valence-corrected chi connectivity index (χ1v) is 7.48. The minimum absolute atomic E-state index is 0.292. The average Bonchev–Trinajstić information content (AvgIpc) is 2.87. The van der Waals surface area contributed by atoms with E-state index in [4.69, 9.17) is 4.74 Å². The number of hydrogen-bond acceptors (Lipinski definition) is 3. The molecule has 1 fully saturated rings. The van der Waals surface area contributed by atoms with E-state index in [-0.39, 0.29) is 18.7 Å². The lowest BCUT2D eigenvalue weighted by Crippen LogP contribution is -2.50. The van der Waals surface area contributed by atoms with Gasteiger partial charge in [-0.2, -0.15) is 0 Å². The standard InChI is InChI=1S/C16H15F2N3O2/c17-16(18)6-11(7-16)20-15(22)10-1-2-14-12(5-10)13-8-19-9-21(13)3-4-23-14/h1-2,5,8-9,11H,3-4,6-7H2,(H,20,22). The molecule has 0 saturated heterocycles. The zero-order valence-electron chi connectivity index (χ0n) is 12.3. The Balaban J connectivity index is 1.59. The molecule has 2 aromatic rings. The second-order valence-electron chi connectivity index (χ2n) is 5.97. The number of nitrogens with one attached hydrogen (secondary N) is 1. The number of hydrogen-bond donors (Lipinski definition) is 1. The van der Waals surface area contributed by atoms with Crippen molar-refractivity contribution in [2.24, 2.45) is 0 Å². The van der Waals surface area contributed by atoms with Crippen LogP contribution in [-0.2, 0) is 6.54 Å². The molecule has 1 aliphatic carbocycles. The molecule has 2 heterocycles. The highest BCUT2D eigenvalue weighted by atomic mass is 19.3. The normalized spacial score (nSPS) is 18.9. The molecular formula is C16H15F2N3O2. The van der Waals surface area contributed by atoms with Gasteiger partial charge < -0.3 is 14.6 Å². The van der Waals surface area contributed by atoms with Gasteiger partial charge in [-0.25, -0.2) is 13.8 Å². The summed E-state index contributed by atoms with van der Waals surface area (Å²) in [6.45, 7) is 1.21. The molecule has 1 N–H and O–H groups in total. The smallest absolute Gasteiger partial charge is 0.252 e. The molecule has 23 heavy (non-hydrogen) atoms. The van der Waals surface area contributed by atoms with Gasteiger partial charge in [0.15, 0.2) is 0 Å². The van der Waals surface area contributed by atoms with Gasteiger partial charge in [0.1, 0.15) is 12.4 Å². The van der Waals surface area contributed by atoms with Crippen LogP contribution in [0.4, 0.5) is 8.78 Å². The number of nitrogens with zero attached hydrogens (tertiary/aromatic N) is 2. The Morgan fingerprint density at radius 1 is 1.39 bits per heavy atom. The van der Waals surface area contributed by atoms with Crippen LogP contribution in [0.2, 0.25) is 0 Å². The van der Waals surface area contributed by atoms with Crippen LogP contribution in [0, 0.1) is 0 Å². The molecule has 1 aromatic heterocycles. The molecule has 1 aliphatic heterocycles. The van der Waals surface area contributed by atoms with Crippen molar-refractivity contribution >= 4 is 5.91 Å². The Hall–Kier alpha value is -2.44. The van der Waals surface area contributed by atoms with Crippen molar-refractivity contribution in [3.63, 3.8) is 0 Å². The predicted octanol–water partition coefficient (Wildman–Crippen LogP) is 2.47. The third-order valence-electron chi connectivity index (χ3n) is 4.25. The molecule has 5 nitrogen and oxygen atoms in total. The van der Waals surface area contributed by atoms with Gasteiger partial charge in [0.05, 0.1) is 24.8 Å². The molecule has 4 rings (SSSR count). The van der Waals surface area contributed by atoms with E-state index in [2.05, 4.69) is 10.3 Å². The van der Waals surface area contributed by atoms with E-state index in [0.29, 0.717) is 24.5 Å². The van der Waals surface area contributed by atoms with Crippen LogP contribution in [-0.4, -0.2) is 34.0 Å². The first-order valence-electron chi connectivity index (χ1n) is 7.48. The SMILES string of the molecule is O=C(NC1CC(F)(F)C1)c1ccc2c(c1)-c1cncn1CCO2. The Labute approximate surface area is 131 Å². The highest BCUT2D eigenvalue weighted by Gasteiger charge is 2.45. The quantitative estimate of drug-likeness (QED) is 0.925. The van der Waals surface area contributed by atoms with Gasteiger partial charge in [0, 0.05) is 30.0 Å². The zero-order chi connectivity index (χ0) is 16.0. The molecule has 0 bridgehead atoms. The number of alkyl halides is 2. The van der Waals surface area contributed by atoms with Crippen molar-refractivity contribution in [2.75, 3.05) is 6.61 Å². The summed E-state index contributed by atoms with van der Waals surface area (Å²) >= 11 is 0. The van der Waals surface area contributed by atoms with Crippen LogP contribution in [0.15, 0.2) is 30.7 Å².